The van der Waals surface area contributed by atoms with Gasteiger partial charge in [-0.3, -0.25) is 4.98 Å². The van der Waals surface area contributed by atoms with Crippen molar-refractivity contribution in [3.05, 3.63) is 53.9 Å². The van der Waals surface area contributed by atoms with Crippen LogP contribution in [0, 0.1) is 6.92 Å². The van der Waals surface area contributed by atoms with Gasteiger partial charge in [0.15, 0.2) is 0 Å². The van der Waals surface area contributed by atoms with E-state index in [1.807, 2.05) is 42.7 Å². The van der Waals surface area contributed by atoms with E-state index in [1.165, 1.54) is 11.1 Å². The molecule has 1 N–H and O–H groups in total. The predicted molar refractivity (Wildman–Crippen MR) is 80.1 cm³/mol. The van der Waals surface area contributed by atoms with Crippen LogP contribution < -0.4 is 10.1 Å². The Morgan fingerprint density at radius 3 is 2.90 bits per heavy atom. The maximum atomic E-state index is 5.59. The third-order valence-electron chi connectivity index (χ3n) is 3.02. The van der Waals surface area contributed by atoms with E-state index in [-0.39, 0.29) is 0 Å². The molecule has 0 atom stereocenters. The number of benzene rings is 1. The Labute approximate surface area is 119 Å². The van der Waals surface area contributed by atoms with Gasteiger partial charge in [-0.2, -0.15) is 0 Å². The van der Waals surface area contributed by atoms with Gasteiger partial charge in [0.1, 0.15) is 12.4 Å². The fourth-order valence-electron chi connectivity index (χ4n) is 1.82. The molecule has 106 valence electrons. The second-order valence-corrected chi connectivity index (χ2v) is 4.52. The van der Waals surface area contributed by atoms with Crippen molar-refractivity contribution in [3.63, 3.8) is 0 Å². The Balaban J connectivity index is 1.93. The van der Waals surface area contributed by atoms with Crippen molar-refractivity contribution in [2.45, 2.75) is 13.5 Å². The van der Waals surface area contributed by atoms with Crippen LogP contribution in [0.25, 0.3) is 0 Å². The molecule has 2 aromatic rings. The highest BCUT2D eigenvalue weighted by atomic mass is 16.5. The first-order valence-corrected chi connectivity index (χ1v) is 6.65. The lowest BCUT2D eigenvalue weighted by Gasteiger charge is -2.10. The molecule has 0 aliphatic heterocycles. The summed E-state index contributed by atoms with van der Waals surface area (Å²) >= 11 is 0. The highest BCUT2D eigenvalue weighted by Gasteiger charge is 2.00. The summed E-state index contributed by atoms with van der Waals surface area (Å²) in [6.45, 7) is 3.98. The third-order valence-corrected chi connectivity index (χ3v) is 3.02. The molecule has 0 bridgehead atoms. The number of rotatable bonds is 7. The first kappa shape index (κ1) is 14.3. The molecule has 0 saturated heterocycles. The molecule has 0 unspecified atom stereocenters. The molecule has 20 heavy (non-hydrogen) atoms. The number of pyridine rings is 1. The van der Waals surface area contributed by atoms with E-state index in [4.69, 9.17) is 9.47 Å². The Morgan fingerprint density at radius 2 is 2.10 bits per heavy atom. The average Bonchev–Trinajstić information content (AvgIpc) is 2.47. The zero-order valence-electron chi connectivity index (χ0n) is 11.9. The van der Waals surface area contributed by atoms with Gasteiger partial charge in [-0.1, -0.05) is 6.07 Å². The van der Waals surface area contributed by atoms with Crippen molar-refractivity contribution < 1.29 is 9.47 Å². The van der Waals surface area contributed by atoms with E-state index in [0.29, 0.717) is 13.2 Å². The van der Waals surface area contributed by atoms with Gasteiger partial charge in [-0.15, -0.1) is 0 Å². The number of anilines is 1. The molecule has 0 amide bonds. The Bertz CT molecular complexity index is 544. The van der Waals surface area contributed by atoms with E-state index >= 15 is 0 Å². The summed E-state index contributed by atoms with van der Waals surface area (Å²) < 4.78 is 10.6. The summed E-state index contributed by atoms with van der Waals surface area (Å²) in [6.07, 6.45) is 3.70. The van der Waals surface area contributed by atoms with Crippen LogP contribution in [0.5, 0.6) is 5.75 Å². The van der Waals surface area contributed by atoms with Crippen molar-refractivity contribution in [2.75, 3.05) is 25.6 Å². The largest absolute Gasteiger partial charge is 0.491 e. The van der Waals surface area contributed by atoms with Crippen LogP contribution in [0.3, 0.4) is 0 Å². The lowest BCUT2D eigenvalue weighted by molar-refractivity contribution is 0.146. The summed E-state index contributed by atoms with van der Waals surface area (Å²) in [5.74, 6) is 0.843. The van der Waals surface area contributed by atoms with Crippen LogP contribution in [0.15, 0.2) is 42.7 Å². The summed E-state index contributed by atoms with van der Waals surface area (Å²) in [6, 6.07) is 9.94. The molecule has 0 saturated carbocycles. The van der Waals surface area contributed by atoms with Gasteiger partial charge in [-0.05, 0) is 36.2 Å². The number of hydrogen-bond acceptors (Lipinski definition) is 4. The monoisotopic (exact) mass is 272 g/mol. The second kappa shape index (κ2) is 7.50. The summed E-state index contributed by atoms with van der Waals surface area (Å²) in [5.41, 5.74) is 3.46. The van der Waals surface area contributed by atoms with E-state index in [2.05, 4.69) is 17.2 Å². The van der Waals surface area contributed by atoms with Crippen LogP contribution in [-0.4, -0.2) is 25.3 Å². The Kier molecular flexibility index (Phi) is 5.38. The summed E-state index contributed by atoms with van der Waals surface area (Å²) in [5, 5.41) is 3.38. The van der Waals surface area contributed by atoms with Crippen LogP contribution in [0.2, 0.25) is 0 Å². The van der Waals surface area contributed by atoms with Crippen LogP contribution in [-0.2, 0) is 11.3 Å². The zero-order valence-corrected chi connectivity index (χ0v) is 11.9. The third kappa shape index (κ3) is 4.24. The van der Waals surface area contributed by atoms with E-state index < -0.39 is 0 Å². The van der Waals surface area contributed by atoms with Crippen molar-refractivity contribution in [1.82, 2.24) is 4.98 Å². The average molecular weight is 272 g/mol. The van der Waals surface area contributed by atoms with Gasteiger partial charge in [-0.25, -0.2) is 0 Å². The van der Waals surface area contributed by atoms with Gasteiger partial charge < -0.3 is 14.8 Å². The van der Waals surface area contributed by atoms with E-state index in [0.717, 1.165) is 18.0 Å². The lowest BCUT2D eigenvalue weighted by Crippen LogP contribution is -2.05. The normalized spacial score (nSPS) is 10.3. The smallest absolute Gasteiger partial charge is 0.121 e. The molecule has 0 spiro atoms. The highest BCUT2D eigenvalue weighted by molar-refractivity contribution is 5.48. The minimum atomic E-state index is 0.557. The van der Waals surface area contributed by atoms with E-state index in [1.54, 1.807) is 7.11 Å². The van der Waals surface area contributed by atoms with Gasteiger partial charge in [0.25, 0.3) is 0 Å². The summed E-state index contributed by atoms with van der Waals surface area (Å²) in [4.78, 5) is 4.15. The van der Waals surface area contributed by atoms with Gasteiger partial charge in [0.2, 0.25) is 0 Å². The van der Waals surface area contributed by atoms with Crippen LogP contribution in [0.1, 0.15) is 11.1 Å². The fourth-order valence-corrected chi connectivity index (χ4v) is 1.82. The maximum absolute atomic E-state index is 5.59. The molecule has 4 heteroatoms. The van der Waals surface area contributed by atoms with E-state index in [9.17, 15) is 0 Å². The standard InChI is InChI=1S/C16H20N2O2/c1-13-6-7-17-11-14(13)12-18-15-4-3-5-16(10-15)20-9-8-19-2/h3-7,10-11,18H,8-9,12H2,1-2H3. The SMILES string of the molecule is COCCOc1cccc(NCc2cnccc2C)c1. The minimum absolute atomic E-state index is 0.557. The molecule has 0 aliphatic carbocycles. The minimum Gasteiger partial charge on any atom is -0.491 e. The number of nitrogens with zero attached hydrogens (tertiary/aromatic N) is 1. The quantitative estimate of drug-likeness (QED) is 0.787. The van der Waals surface area contributed by atoms with Gasteiger partial charge in [0.05, 0.1) is 6.61 Å². The molecule has 2 rings (SSSR count). The molecular formula is C16H20N2O2. The molecule has 1 aromatic carbocycles. The van der Waals surface area contributed by atoms with Crippen molar-refractivity contribution in [1.29, 1.82) is 0 Å². The predicted octanol–water partition coefficient (Wildman–Crippen LogP) is 3.03. The zero-order chi connectivity index (χ0) is 14.2. The van der Waals surface area contributed by atoms with Crippen LogP contribution >= 0.6 is 0 Å². The number of nitrogens with one attached hydrogen (secondary N) is 1. The second-order valence-electron chi connectivity index (χ2n) is 4.52. The molecule has 4 nitrogen and oxygen atoms in total. The Hall–Kier alpha value is -2.07. The fraction of sp³-hybridized carbons (Fsp3) is 0.312. The van der Waals surface area contributed by atoms with Gasteiger partial charge in [0, 0.05) is 37.8 Å². The van der Waals surface area contributed by atoms with Crippen LogP contribution in [0.4, 0.5) is 5.69 Å². The lowest BCUT2D eigenvalue weighted by atomic mass is 10.1. The first-order chi connectivity index (χ1) is 9.79. The first-order valence-electron chi connectivity index (χ1n) is 6.65. The molecule has 0 fully saturated rings. The number of methoxy groups -OCH3 is 1. The highest BCUT2D eigenvalue weighted by Crippen LogP contribution is 2.18. The van der Waals surface area contributed by atoms with Crippen molar-refractivity contribution >= 4 is 5.69 Å². The molecule has 1 aromatic heterocycles. The number of hydrogen-bond donors (Lipinski definition) is 1. The topological polar surface area (TPSA) is 43.4 Å². The molecular weight excluding hydrogens is 252 g/mol. The number of ether oxygens (including phenoxy) is 2. The number of aryl methyl sites for hydroxylation is 1. The summed E-state index contributed by atoms with van der Waals surface area (Å²) in [7, 11) is 1.66. The molecule has 0 radical (unpaired) electrons. The van der Waals surface area contributed by atoms with Crippen molar-refractivity contribution in [3.8, 4) is 5.75 Å². The molecule has 1 heterocycles. The Morgan fingerprint density at radius 1 is 1.20 bits per heavy atom. The van der Waals surface area contributed by atoms with Gasteiger partial charge >= 0.3 is 0 Å². The number of aromatic nitrogens is 1. The molecule has 0 aliphatic rings. The van der Waals surface area contributed by atoms with Crippen molar-refractivity contribution in [2.24, 2.45) is 0 Å². The maximum Gasteiger partial charge on any atom is 0.121 e.